The first kappa shape index (κ1) is 18.5. The molecule has 0 amide bonds. The fourth-order valence-corrected chi connectivity index (χ4v) is 4.15. The third kappa shape index (κ3) is 5.05. The summed E-state index contributed by atoms with van der Waals surface area (Å²) in [7, 11) is -2.86. The minimum atomic E-state index is -2.86. The highest BCUT2D eigenvalue weighted by Gasteiger charge is 2.21. The number of carbonyl (C=O) groups excluding carboxylic acids is 1. The van der Waals surface area contributed by atoms with Crippen molar-refractivity contribution in [2.45, 2.75) is 13.3 Å². The molecule has 0 unspecified atom stereocenters. The third-order valence-electron chi connectivity index (χ3n) is 3.83. The van der Waals surface area contributed by atoms with Gasteiger partial charge in [0, 0.05) is 19.6 Å². The van der Waals surface area contributed by atoms with E-state index in [1.165, 1.54) is 0 Å². The molecule has 1 fully saturated rings. The number of nitrogens with zero attached hydrogens (tertiary/aromatic N) is 1. The highest BCUT2D eigenvalue weighted by molar-refractivity contribution is 14.1. The smallest absolute Gasteiger partial charge is 0.342 e. The molecule has 128 valence electrons. The summed E-state index contributed by atoms with van der Waals surface area (Å²) in [4.78, 5) is 14.2. The molecule has 0 bridgehead atoms. The molecular formula is C15H20INO5S. The molecule has 1 aliphatic heterocycles. The first-order valence-corrected chi connectivity index (χ1v) is 10.3. The van der Waals surface area contributed by atoms with Crippen LogP contribution < -0.4 is 0 Å². The van der Waals surface area contributed by atoms with E-state index in [0.29, 0.717) is 35.2 Å². The van der Waals surface area contributed by atoms with Gasteiger partial charge in [-0.05, 0) is 47.6 Å². The molecule has 0 atom stereocenters. The minimum Gasteiger partial charge on any atom is -0.506 e. The molecule has 0 radical (unpaired) electrons. The maximum Gasteiger partial charge on any atom is 0.342 e. The minimum absolute atomic E-state index is 0.0446. The van der Waals surface area contributed by atoms with Crippen LogP contribution in [0, 0.1) is 10.5 Å². The van der Waals surface area contributed by atoms with Crippen molar-refractivity contribution in [2.75, 3.05) is 37.7 Å². The molecule has 8 heteroatoms. The van der Waals surface area contributed by atoms with Crippen molar-refractivity contribution >= 4 is 38.4 Å². The maximum atomic E-state index is 12.1. The number of carbonyl (C=O) groups is 1. The summed E-state index contributed by atoms with van der Waals surface area (Å²) in [6.45, 7) is 3.76. The van der Waals surface area contributed by atoms with E-state index in [4.69, 9.17) is 4.74 Å². The Kier molecular flexibility index (Phi) is 6.26. The largest absolute Gasteiger partial charge is 0.506 e. The van der Waals surface area contributed by atoms with Gasteiger partial charge in [0.1, 0.15) is 11.3 Å². The van der Waals surface area contributed by atoms with E-state index >= 15 is 0 Å². The lowest BCUT2D eigenvalue weighted by Crippen LogP contribution is -2.40. The number of ether oxygens (including phenoxy) is 1. The van der Waals surface area contributed by atoms with Gasteiger partial charge in [0.25, 0.3) is 0 Å². The van der Waals surface area contributed by atoms with Crippen molar-refractivity contribution < 1.29 is 23.1 Å². The summed E-state index contributed by atoms with van der Waals surface area (Å²) in [5.41, 5.74) is 0.884. The van der Waals surface area contributed by atoms with E-state index in [-0.39, 0.29) is 29.4 Å². The second-order valence-electron chi connectivity index (χ2n) is 5.57. The molecule has 1 aliphatic rings. The zero-order valence-electron chi connectivity index (χ0n) is 12.9. The van der Waals surface area contributed by atoms with Gasteiger partial charge >= 0.3 is 5.97 Å². The number of halogens is 1. The first-order chi connectivity index (χ1) is 10.8. The lowest BCUT2D eigenvalue weighted by Gasteiger charge is -2.26. The van der Waals surface area contributed by atoms with Gasteiger partial charge in [0.2, 0.25) is 0 Å². The SMILES string of the molecule is Cc1ccc(I)c(O)c1C(=O)OCCCN1CCS(=O)(=O)CC1. The number of aromatic hydroxyl groups is 1. The zero-order valence-corrected chi connectivity index (χ0v) is 15.9. The second kappa shape index (κ2) is 7.80. The van der Waals surface area contributed by atoms with Crippen LogP contribution in [0.4, 0.5) is 0 Å². The van der Waals surface area contributed by atoms with Gasteiger partial charge in [-0.25, -0.2) is 13.2 Å². The van der Waals surface area contributed by atoms with Gasteiger partial charge in [0.05, 0.1) is 21.7 Å². The molecule has 1 aromatic rings. The number of hydrogen-bond acceptors (Lipinski definition) is 6. The number of phenols is 1. The van der Waals surface area contributed by atoms with E-state index in [1.54, 1.807) is 19.1 Å². The Morgan fingerprint density at radius 2 is 2.00 bits per heavy atom. The number of phenolic OH excluding ortho intramolecular Hbond substituents is 1. The zero-order chi connectivity index (χ0) is 17.0. The number of rotatable bonds is 5. The molecule has 1 heterocycles. The maximum absolute atomic E-state index is 12.1. The molecular weight excluding hydrogens is 433 g/mol. The average molecular weight is 453 g/mol. The van der Waals surface area contributed by atoms with E-state index in [0.717, 1.165) is 0 Å². The topological polar surface area (TPSA) is 83.9 Å². The summed E-state index contributed by atoms with van der Waals surface area (Å²) >= 11 is 1.96. The molecule has 0 aliphatic carbocycles. The molecule has 1 aromatic carbocycles. The number of sulfone groups is 1. The molecule has 23 heavy (non-hydrogen) atoms. The fraction of sp³-hybridized carbons (Fsp3) is 0.533. The average Bonchev–Trinajstić information content (AvgIpc) is 2.49. The second-order valence-corrected chi connectivity index (χ2v) is 9.04. The van der Waals surface area contributed by atoms with Crippen molar-refractivity contribution in [1.29, 1.82) is 0 Å². The van der Waals surface area contributed by atoms with E-state index < -0.39 is 15.8 Å². The summed E-state index contributed by atoms with van der Waals surface area (Å²) in [6.07, 6.45) is 0.634. The van der Waals surface area contributed by atoms with Crippen LogP contribution in [0.3, 0.4) is 0 Å². The Labute approximate surface area is 149 Å². The number of hydrogen-bond donors (Lipinski definition) is 1. The summed E-state index contributed by atoms with van der Waals surface area (Å²) < 4.78 is 28.5. The van der Waals surface area contributed by atoms with E-state index in [2.05, 4.69) is 4.90 Å². The van der Waals surface area contributed by atoms with E-state index in [9.17, 15) is 18.3 Å². The Balaban J connectivity index is 1.79. The van der Waals surface area contributed by atoms with Crippen LogP contribution in [-0.4, -0.2) is 62.1 Å². The molecule has 0 spiro atoms. The van der Waals surface area contributed by atoms with Gasteiger partial charge in [-0.15, -0.1) is 0 Å². The summed E-state index contributed by atoms with van der Waals surface area (Å²) in [5.74, 6) is -0.179. The highest BCUT2D eigenvalue weighted by Crippen LogP contribution is 2.27. The van der Waals surface area contributed by atoms with Crippen molar-refractivity contribution in [3.8, 4) is 5.75 Å². The van der Waals surface area contributed by atoms with Crippen LogP contribution in [0.5, 0.6) is 5.75 Å². The normalized spacial score (nSPS) is 17.8. The quantitative estimate of drug-likeness (QED) is 0.414. The molecule has 0 saturated carbocycles. The van der Waals surface area contributed by atoms with Gasteiger partial charge in [-0.2, -0.15) is 0 Å². The van der Waals surface area contributed by atoms with Crippen LogP contribution in [0.25, 0.3) is 0 Å². The van der Waals surface area contributed by atoms with Crippen LogP contribution in [0.2, 0.25) is 0 Å². The van der Waals surface area contributed by atoms with Crippen molar-refractivity contribution in [3.05, 3.63) is 26.8 Å². The number of esters is 1. The first-order valence-electron chi connectivity index (χ1n) is 7.38. The summed E-state index contributed by atoms with van der Waals surface area (Å²) in [6, 6.07) is 3.51. The van der Waals surface area contributed by atoms with Crippen LogP contribution in [0.15, 0.2) is 12.1 Å². The number of benzene rings is 1. The van der Waals surface area contributed by atoms with Gasteiger partial charge in [-0.3, -0.25) is 0 Å². The van der Waals surface area contributed by atoms with Gasteiger partial charge < -0.3 is 14.7 Å². The molecule has 0 aromatic heterocycles. The monoisotopic (exact) mass is 453 g/mol. The number of aryl methyl sites for hydroxylation is 1. The standard InChI is InChI=1S/C15H20INO5S/c1-11-3-4-12(16)14(18)13(11)15(19)22-8-2-5-17-6-9-23(20,21)10-7-17/h3-4,18H,2,5-10H2,1H3. The molecule has 1 saturated heterocycles. The predicted molar refractivity (Wildman–Crippen MR) is 95.6 cm³/mol. The highest BCUT2D eigenvalue weighted by atomic mass is 127. The van der Waals surface area contributed by atoms with Crippen molar-refractivity contribution in [3.63, 3.8) is 0 Å². The fourth-order valence-electron chi connectivity index (χ4n) is 2.42. The lowest BCUT2D eigenvalue weighted by atomic mass is 10.1. The van der Waals surface area contributed by atoms with Crippen LogP contribution in [-0.2, 0) is 14.6 Å². The van der Waals surface area contributed by atoms with Crippen molar-refractivity contribution in [2.24, 2.45) is 0 Å². The summed E-state index contributed by atoms with van der Waals surface area (Å²) in [5, 5.41) is 9.98. The Morgan fingerprint density at radius 1 is 1.35 bits per heavy atom. The molecule has 1 N–H and O–H groups in total. The Hall–Kier alpha value is -0.870. The molecule has 6 nitrogen and oxygen atoms in total. The van der Waals surface area contributed by atoms with Gasteiger partial charge in [0.15, 0.2) is 9.84 Å². The van der Waals surface area contributed by atoms with Crippen LogP contribution >= 0.6 is 22.6 Å². The predicted octanol–water partition coefficient (Wildman–Crippen LogP) is 1.58. The van der Waals surface area contributed by atoms with E-state index in [1.807, 2.05) is 22.6 Å². The van der Waals surface area contributed by atoms with Crippen LogP contribution in [0.1, 0.15) is 22.3 Å². The Morgan fingerprint density at radius 3 is 2.65 bits per heavy atom. The van der Waals surface area contributed by atoms with Crippen molar-refractivity contribution in [1.82, 2.24) is 4.90 Å². The van der Waals surface area contributed by atoms with Gasteiger partial charge in [-0.1, -0.05) is 6.07 Å². The lowest BCUT2D eigenvalue weighted by molar-refractivity contribution is 0.0485. The third-order valence-corrected chi connectivity index (χ3v) is 6.31. The molecule has 2 rings (SSSR count). The Bertz CT molecular complexity index is 675.